The molecule has 0 spiro atoms. The molecule has 84 valence electrons. The van der Waals surface area contributed by atoms with Crippen molar-refractivity contribution in [3.63, 3.8) is 0 Å². The Morgan fingerprint density at radius 2 is 1.64 bits per heavy atom. The van der Waals surface area contributed by atoms with Crippen LogP contribution in [0.15, 0.2) is 12.4 Å². The van der Waals surface area contributed by atoms with E-state index in [0.717, 1.165) is 13.1 Å². The molecule has 2 N–H and O–H groups in total. The normalized spacial score (nSPS) is 13.4. The molecule has 0 heterocycles. The second-order valence-corrected chi connectivity index (χ2v) is 5.01. The summed E-state index contributed by atoms with van der Waals surface area (Å²) in [5, 5.41) is 0. The number of hydrogen-bond acceptors (Lipinski definition) is 2. The van der Waals surface area contributed by atoms with Gasteiger partial charge < -0.3 is 10.6 Å². The molecule has 0 rings (SSSR count). The van der Waals surface area contributed by atoms with Crippen molar-refractivity contribution < 1.29 is 0 Å². The van der Waals surface area contributed by atoms with Crippen molar-refractivity contribution in [2.45, 2.75) is 34.6 Å². The molecule has 0 aromatic rings. The summed E-state index contributed by atoms with van der Waals surface area (Å²) in [7, 11) is 0. The molecule has 1 atom stereocenters. The molecule has 0 aromatic carbocycles. The summed E-state index contributed by atoms with van der Waals surface area (Å²) < 4.78 is 0. The first-order chi connectivity index (χ1) is 6.34. The lowest BCUT2D eigenvalue weighted by molar-refractivity contribution is 0.235. The Morgan fingerprint density at radius 3 is 1.93 bits per heavy atom. The first-order valence-electron chi connectivity index (χ1n) is 5.53. The molecule has 14 heavy (non-hydrogen) atoms. The molecule has 0 aromatic heterocycles. The van der Waals surface area contributed by atoms with E-state index in [1.54, 1.807) is 0 Å². The van der Waals surface area contributed by atoms with Crippen molar-refractivity contribution in [3.05, 3.63) is 12.4 Å². The zero-order valence-electron chi connectivity index (χ0n) is 10.4. The van der Waals surface area contributed by atoms with E-state index >= 15 is 0 Å². The van der Waals surface area contributed by atoms with Crippen LogP contribution in [0.25, 0.3) is 0 Å². The van der Waals surface area contributed by atoms with Crippen LogP contribution in [0.4, 0.5) is 0 Å². The van der Waals surface area contributed by atoms with E-state index in [2.05, 4.69) is 46.1 Å². The Bertz CT molecular complexity index is 173. The Morgan fingerprint density at radius 1 is 1.14 bits per heavy atom. The predicted octanol–water partition coefficient (Wildman–Crippen LogP) is 2.67. The van der Waals surface area contributed by atoms with E-state index in [1.165, 1.54) is 0 Å². The van der Waals surface area contributed by atoms with Gasteiger partial charge in [-0.2, -0.15) is 0 Å². The van der Waals surface area contributed by atoms with E-state index < -0.39 is 0 Å². The van der Waals surface area contributed by atoms with Crippen LogP contribution in [0, 0.1) is 17.8 Å². The average Bonchev–Trinajstić information content (AvgIpc) is 2.01. The summed E-state index contributed by atoms with van der Waals surface area (Å²) in [6.07, 6.45) is 0. The fraction of sp³-hybridized carbons (Fsp3) is 0.833. The summed E-state index contributed by atoms with van der Waals surface area (Å²) in [4.78, 5) is 2.19. The molecule has 0 aliphatic rings. The van der Waals surface area contributed by atoms with Crippen LogP contribution < -0.4 is 5.73 Å². The van der Waals surface area contributed by atoms with Crippen LogP contribution in [0.2, 0.25) is 0 Å². The smallest absolute Gasteiger partial charge is 0.0912 e. The molecule has 0 radical (unpaired) electrons. The van der Waals surface area contributed by atoms with Crippen LogP contribution in [0.5, 0.6) is 0 Å². The molecule has 0 saturated heterocycles. The van der Waals surface area contributed by atoms with E-state index in [1.807, 2.05) is 0 Å². The van der Waals surface area contributed by atoms with Crippen LogP contribution >= 0.6 is 0 Å². The van der Waals surface area contributed by atoms with Gasteiger partial charge in [0, 0.05) is 13.1 Å². The van der Waals surface area contributed by atoms with Crippen molar-refractivity contribution >= 4 is 0 Å². The monoisotopic (exact) mass is 198 g/mol. The minimum absolute atomic E-state index is 0.634. The van der Waals surface area contributed by atoms with E-state index in [-0.39, 0.29) is 0 Å². The largest absolute Gasteiger partial charge is 0.386 e. The third kappa shape index (κ3) is 5.15. The highest BCUT2D eigenvalue weighted by Crippen LogP contribution is 2.14. The summed E-state index contributed by atoms with van der Waals surface area (Å²) in [6, 6.07) is 0. The molecule has 2 heteroatoms. The van der Waals surface area contributed by atoms with E-state index in [0.29, 0.717) is 23.6 Å². The SMILES string of the molecule is C=C(N)N(CC(C)C)CC(C)C(C)C. The van der Waals surface area contributed by atoms with Gasteiger partial charge >= 0.3 is 0 Å². The lowest BCUT2D eigenvalue weighted by Crippen LogP contribution is -2.35. The summed E-state index contributed by atoms with van der Waals surface area (Å²) in [5.74, 6) is 2.69. The summed E-state index contributed by atoms with van der Waals surface area (Å²) in [5.41, 5.74) is 5.76. The fourth-order valence-electron chi connectivity index (χ4n) is 1.31. The van der Waals surface area contributed by atoms with E-state index in [4.69, 9.17) is 5.73 Å². The third-order valence-electron chi connectivity index (χ3n) is 2.64. The Balaban J connectivity index is 4.16. The Kier molecular flexibility index (Phi) is 5.66. The van der Waals surface area contributed by atoms with Gasteiger partial charge in [-0.3, -0.25) is 0 Å². The number of rotatable bonds is 6. The minimum atomic E-state index is 0.634. The molecule has 0 aliphatic heterocycles. The van der Waals surface area contributed by atoms with Gasteiger partial charge in [-0.25, -0.2) is 0 Å². The number of hydrogen-bond donors (Lipinski definition) is 1. The van der Waals surface area contributed by atoms with Crippen LogP contribution in [-0.4, -0.2) is 18.0 Å². The number of nitrogens with two attached hydrogens (primary N) is 1. The maximum Gasteiger partial charge on any atom is 0.0912 e. The van der Waals surface area contributed by atoms with E-state index in [9.17, 15) is 0 Å². The second-order valence-electron chi connectivity index (χ2n) is 5.01. The molecule has 0 amide bonds. The van der Waals surface area contributed by atoms with Gasteiger partial charge in [0.2, 0.25) is 0 Å². The molecule has 0 aliphatic carbocycles. The van der Waals surface area contributed by atoms with Gasteiger partial charge in [-0.15, -0.1) is 0 Å². The highest BCUT2D eigenvalue weighted by molar-refractivity contribution is 4.88. The van der Waals surface area contributed by atoms with Crippen molar-refractivity contribution in [2.24, 2.45) is 23.5 Å². The molecular formula is C12H26N2. The quantitative estimate of drug-likeness (QED) is 0.711. The van der Waals surface area contributed by atoms with Crippen molar-refractivity contribution in [1.82, 2.24) is 4.90 Å². The fourth-order valence-corrected chi connectivity index (χ4v) is 1.31. The van der Waals surface area contributed by atoms with Gasteiger partial charge in [0.25, 0.3) is 0 Å². The second kappa shape index (κ2) is 5.94. The zero-order valence-corrected chi connectivity index (χ0v) is 10.4. The molecule has 0 fully saturated rings. The Hall–Kier alpha value is -0.660. The van der Waals surface area contributed by atoms with Crippen LogP contribution in [-0.2, 0) is 0 Å². The highest BCUT2D eigenvalue weighted by atomic mass is 15.2. The molecule has 2 nitrogen and oxygen atoms in total. The van der Waals surface area contributed by atoms with Crippen LogP contribution in [0.1, 0.15) is 34.6 Å². The lowest BCUT2D eigenvalue weighted by atomic mass is 9.97. The van der Waals surface area contributed by atoms with Gasteiger partial charge in [0.1, 0.15) is 0 Å². The zero-order chi connectivity index (χ0) is 11.3. The molecule has 1 unspecified atom stereocenters. The predicted molar refractivity (Wildman–Crippen MR) is 63.7 cm³/mol. The summed E-state index contributed by atoms with van der Waals surface area (Å²) in [6.45, 7) is 17.0. The standard InChI is InChI=1S/C12H26N2/c1-9(2)7-14(12(6)13)8-11(5)10(3)4/h9-11H,6-8,13H2,1-5H3. The van der Waals surface area contributed by atoms with Crippen LogP contribution in [0.3, 0.4) is 0 Å². The molecule has 0 bridgehead atoms. The van der Waals surface area contributed by atoms with Gasteiger partial charge in [-0.05, 0) is 17.8 Å². The first-order valence-corrected chi connectivity index (χ1v) is 5.53. The maximum atomic E-state index is 5.76. The van der Waals surface area contributed by atoms with Gasteiger partial charge in [-0.1, -0.05) is 41.2 Å². The summed E-state index contributed by atoms with van der Waals surface area (Å²) >= 11 is 0. The topological polar surface area (TPSA) is 29.3 Å². The molecular weight excluding hydrogens is 172 g/mol. The average molecular weight is 198 g/mol. The first kappa shape index (κ1) is 13.3. The Labute approximate surface area is 89.2 Å². The number of nitrogens with zero attached hydrogens (tertiary/aromatic N) is 1. The van der Waals surface area contributed by atoms with Crippen molar-refractivity contribution in [3.8, 4) is 0 Å². The minimum Gasteiger partial charge on any atom is -0.386 e. The third-order valence-corrected chi connectivity index (χ3v) is 2.64. The van der Waals surface area contributed by atoms with Crippen molar-refractivity contribution in [1.29, 1.82) is 0 Å². The van der Waals surface area contributed by atoms with Crippen molar-refractivity contribution in [2.75, 3.05) is 13.1 Å². The van der Waals surface area contributed by atoms with Gasteiger partial charge in [0.05, 0.1) is 5.82 Å². The molecule has 0 saturated carbocycles. The maximum absolute atomic E-state index is 5.76. The lowest BCUT2D eigenvalue weighted by Gasteiger charge is -2.30. The highest BCUT2D eigenvalue weighted by Gasteiger charge is 2.14. The van der Waals surface area contributed by atoms with Gasteiger partial charge in [0.15, 0.2) is 0 Å².